The minimum atomic E-state index is 0.434. The van der Waals surface area contributed by atoms with E-state index in [1.54, 1.807) is 0 Å². The third kappa shape index (κ3) is 5.55. The van der Waals surface area contributed by atoms with Gasteiger partial charge in [-0.2, -0.15) is 0 Å². The van der Waals surface area contributed by atoms with Crippen molar-refractivity contribution >= 4 is 64.6 Å². The molecule has 0 spiro atoms. The SMILES string of the molecule is CC(C)c1cc(C(C)C)c(-c2ccc3c(c2)-c2ccc4c5cc6c(cc5c5ccc-3c2c45)c2ccc3c4c(ccc6c42)=c2ccc(-c4c(C(C)C)cc(C(C)C)cc4C(C)C)cc2=3)c(C(C)C)c1. The highest BCUT2D eigenvalue weighted by Crippen LogP contribution is 2.55. The molecule has 0 heterocycles. The molecule has 0 radical (unpaired) electrons. The van der Waals surface area contributed by atoms with Crippen molar-refractivity contribution in [2.75, 3.05) is 0 Å². The normalized spacial score (nSPS) is 13.2. The molecule has 0 amide bonds. The third-order valence-electron chi connectivity index (χ3n) is 16.7. The summed E-state index contributed by atoms with van der Waals surface area (Å²) in [7, 11) is 0. The van der Waals surface area contributed by atoms with Gasteiger partial charge in [0.25, 0.3) is 0 Å². The monoisotopic (exact) mass is 878 g/mol. The lowest BCUT2D eigenvalue weighted by Crippen LogP contribution is -2.03. The standard InChI is InChI=1S/C68H62/c1-33(2)41-27-53(35(5)6)63(54(28-41)36(7)8)39-13-15-43-45-17-19-49-59-31-62-52-24-22-48-58-26-40(64-55(37(9)10)29-42(34(3)4)30-56(64)38(11)12)14-16-44(58)46-18-20-50(68(52)66(46)48)60(62)32-61(59)51-23-21-47(57(43)25-39)65(45)67(49)51/h13-38H,1-12H3. The Morgan fingerprint density at radius 3 is 1.06 bits per heavy atom. The zero-order valence-electron chi connectivity index (χ0n) is 42.0. The zero-order chi connectivity index (χ0) is 46.9. The Labute approximate surface area is 401 Å². The Hall–Kier alpha value is -6.50. The Morgan fingerprint density at radius 2 is 0.603 bits per heavy atom. The predicted octanol–water partition coefficient (Wildman–Crippen LogP) is 20.1. The lowest BCUT2D eigenvalue weighted by Gasteiger charge is -2.23. The third-order valence-corrected chi connectivity index (χ3v) is 16.7. The van der Waals surface area contributed by atoms with Gasteiger partial charge in [-0.25, -0.2) is 0 Å². The molecule has 11 aromatic carbocycles. The lowest BCUT2D eigenvalue weighted by molar-refractivity contribution is 0.807. The largest absolute Gasteiger partial charge is 0.0587 e. The van der Waals surface area contributed by atoms with E-state index < -0.39 is 0 Å². The Bertz CT molecular complexity index is 4080. The van der Waals surface area contributed by atoms with E-state index in [2.05, 4.69) is 204 Å². The van der Waals surface area contributed by atoms with Crippen molar-refractivity contribution in [1.82, 2.24) is 0 Å². The van der Waals surface area contributed by atoms with Crippen LogP contribution in [0.1, 0.15) is 152 Å². The van der Waals surface area contributed by atoms with Gasteiger partial charge < -0.3 is 0 Å². The second-order valence-electron chi connectivity index (χ2n) is 22.7. The molecule has 0 aromatic heterocycles. The average molecular weight is 879 g/mol. The quantitative estimate of drug-likeness (QED) is 0.143. The van der Waals surface area contributed by atoms with Crippen LogP contribution in [0.3, 0.4) is 0 Å². The van der Waals surface area contributed by atoms with Crippen molar-refractivity contribution in [3.63, 3.8) is 0 Å². The zero-order valence-corrected chi connectivity index (χ0v) is 42.0. The summed E-state index contributed by atoms with van der Waals surface area (Å²) in [4.78, 5) is 0. The molecule has 0 heteroatoms. The van der Waals surface area contributed by atoms with E-state index in [9.17, 15) is 0 Å². The van der Waals surface area contributed by atoms with Crippen LogP contribution in [0.15, 0.2) is 121 Å². The second-order valence-corrected chi connectivity index (χ2v) is 22.7. The van der Waals surface area contributed by atoms with E-state index in [1.807, 2.05) is 0 Å². The van der Waals surface area contributed by atoms with Gasteiger partial charge in [0.15, 0.2) is 0 Å². The fourth-order valence-corrected chi connectivity index (χ4v) is 13.2. The number of hydrogen-bond donors (Lipinski definition) is 0. The van der Waals surface area contributed by atoms with Crippen molar-refractivity contribution in [2.45, 2.75) is 119 Å². The Balaban J connectivity index is 0.995. The van der Waals surface area contributed by atoms with Crippen molar-refractivity contribution in [3.05, 3.63) is 176 Å². The second kappa shape index (κ2) is 14.5. The van der Waals surface area contributed by atoms with Crippen LogP contribution in [0.2, 0.25) is 0 Å². The number of hydrogen-bond acceptors (Lipinski definition) is 0. The van der Waals surface area contributed by atoms with Gasteiger partial charge in [0, 0.05) is 0 Å². The first-order valence-corrected chi connectivity index (χ1v) is 25.7. The van der Waals surface area contributed by atoms with Gasteiger partial charge in [-0.15, -0.1) is 0 Å². The Morgan fingerprint density at radius 1 is 0.235 bits per heavy atom. The summed E-state index contributed by atoms with van der Waals surface area (Å²) >= 11 is 0. The molecule has 68 heavy (non-hydrogen) atoms. The van der Waals surface area contributed by atoms with Gasteiger partial charge in [-0.3, -0.25) is 0 Å². The molecule has 0 bridgehead atoms. The molecule has 11 aromatic rings. The van der Waals surface area contributed by atoms with Crippen LogP contribution in [0.25, 0.3) is 109 Å². The summed E-state index contributed by atoms with van der Waals surface area (Å²) in [5, 5.41) is 22.1. The van der Waals surface area contributed by atoms with Gasteiger partial charge >= 0.3 is 0 Å². The Kier molecular flexibility index (Phi) is 8.89. The molecule has 2 aliphatic rings. The minimum absolute atomic E-state index is 0.434. The molecule has 13 rings (SSSR count). The molecule has 0 aliphatic heterocycles. The fraction of sp³-hybridized carbons (Fsp3) is 0.265. The number of rotatable bonds is 8. The molecule has 0 nitrogen and oxygen atoms in total. The van der Waals surface area contributed by atoms with Crippen molar-refractivity contribution < 1.29 is 0 Å². The van der Waals surface area contributed by atoms with E-state index in [4.69, 9.17) is 0 Å². The first-order valence-electron chi connectivity index (χ1n) is 25.7. The fourth-order valence-electron chi connectivity index (χ4n) is 13.2. The van der Waals surface area contributed by atoms with Crippen LogP contribution in [-0.2, 0) is 0 Å². The van der Waals surface area contributed by atoms with Gasteiger partial charge in [-0.1, -0.05) is 180 Å². The van der Waals surface area contributed by atoms with Crippen LogP contribution in [0.4, 0.5) is 0 Å². The molecule has 0 saturated carbocycles. The van der Waals surface area contributed by atoms with Crippen molar-refractivity contribution in [1.29, 1.82) is 0 Å². The molecule has 0 N–H and O–H groups in total. The van der Waals surface area contributed by atoms with Gasteiger partial charge in [0.2, 0.25) is 0 Å². The molecular formula is C68H62. The van der Waals surface area contributed by atoms with Gasteiger partial charge in [-0.05, 0) is 223 Å². The summed E-state index contributed by atoms with van der Waals surface area (Å²) in [5.74, 6) is 2.73. The predicted molar refractivity (Wildman–Crippen MR) is 295 cm³/mol. The highest BCUT2D eigenvalue weighted by atomic mass is 14.3. The maximum atomic E-state index is 2.54. The maximum Gasteiger partial charge on any atom is -0.00139 e. The van der Waals surface area contributed by atoms with Crippen LogP contribution in [-0.4, -0.2) is 0 Å². The summed E-state index contributed by atoms with van der Waals surface area (Å²) < 4.78 is 0. The van der Waals surface area contributed by atoms with Crippen LogP contribution >= 0.6 is 0 Å². The highest BCUT2D eigenvalue weighted by Gasteiger charge is 2.28. The van der Waals surface area contributed by atoms with E-state index in [-0.39, 0.29) is 0 Å². The summed E-state index contributed by atoms with van der Waals surface area (Å²) in [6.45, 7) is 28.2. The average Bonchev–Trinajstić information content (AvgIpc) is 4.03. The van der Waals surface area contributed by atoms with Crippen LogP contribution in [0.5, 0.6) is 0 Å². The van der Waals surface area contributed by atoms with Crippen molar-refractivity contribution in [2.24, 2.45) is 0 Å². The summed E-state index contributed by atoms with van der Waals surface area (Å²) in [6.07, 6.45) is 0. The molecule has 2 aliphatic carbocycles. The molecule has 0 atom stereocenters. The summed E-state index contributed by atoms with van der Waals surface area (Å²) in [5.41, 5.74) is 19.8. The maximum absolute atomic E-state index is 2.54. The first kappa shape index (κ1) is 41.7. The van der Waals surface area contributed by atoms with E-state index in [0.717, 1.165) is 0 Å². The van der Waals surface area contributed by atoms with Gasteiger partial charge in [0.1, 0.15) is 0 Å². The van der Waals surface area contributed by atoms with Gasteiger partial charge in [0.05, 0.1) is 0 Å². The molecular weight excluding hydrogens is 817 g/mol. The molecule has 334 valence electrons. The molecule has 0 saturated heterocycles. The first-order chi connectivity index (χ1) is 32.7. The molecule has 0 fully saturated rings. The smallest absolute Gasteiger partial charge is 0.00139 e. The number of fused-ring (bicyclic) bond motifs is 10. The highest BCUT2D eigenvalue weighted by molar-refractivity contribution is 6.40. The van der Waals surface area contributed by atoms with Crippen LogP contribution < -0.4 is 0 Å². The van der Waals surface area contributed by atoms with E-state index in [0.29, 0.717) is 35.5 Å². The van der Waals surface area contributed by atoms with Crippen LogP contribution in [0, 0.1) is 20.9 Å². The minimum Gasteiger partial charge on any atom is -0.0587 e. The van der Waals surface area contributed by atoms with E-state index >= 15 is 0 Å². The molecule has 0 unspecified atom stereocenters. The topological polar surface area (TPSA) is 0 Å². The van der Waals surface area contributed by atoms with E-state index in [1.165, 1.54) is 163 Å². The lowest BCUT2D eigenvalue weighted by atomic mass is 9.81. The summed E-state index contributed by atoms with van der Waals surface area (Å²) in [6, 6.07) is 49.2. The van der Waals surface area contributed by atoms with Crippen molar-refractivity contribution in [3.8, 4) is 44.5 Å². The number of benzene rings is 9.